The number of anilines is 1. The molecule has 0 bridgehead atoms. The number of ketones is 1. The van der Waals surface area contributed by atoms with Crippen molar-refractivity contribution in [2.24, 2.45) is 5.10 Å². The molecule has 94 valence electrons. The topological polar surface area (TPSA) is 78.4 Å². The highest BCUT2D eigenvalue weighted by atomic mass is 16.2. The van der Waals surface area contributed by atoms with E-state index < -0.39 is 11.7 Å². The Kier molecular flexibility index (Phi) is 2.49. The Hall–Kier alpha value is -2.76. The summed E-state index contributed by atoms with van der Waals surface area (Å²) in [5.74, 6) is -1.29. The van der Waals surface area contributed by atoms with Crippen molar-refractivity contribution < 1.29 is 9.59 Å². The molecule has 1 amide bonds. The summed E-state index contributed by atoms with van der Waals surface area (Å²) in [4.78, 5) is 23.8. The first-order valence-electron chi connectivity index (χ1n) is 5.70. The van der Waals surface area contributed by atoms with E-state index in [4.69, 9.17) is 0 Å². The van der Waals surface area contributed by atoms with Crippen LogP contribution in [0, 0.1) is 6.92 Å². The predicted octanol–water partition coefficient (Wildman–Crippen LogP) is 1.04. The van der Waals surface area contributed by atoms with Crippen LogP contribution in [-0.4, -0.2) is 27.6 Å². The molecular formula is C13H10N4O2. The first-order valence-corrected chi connectivity index (χ1v) is 5.70. The zero-order valence-corrected chi connectivity index (χ0v) is 10.1. The zero-order valence-electron chi connectivity index (χ0n) is 10.1. The van der Waals surface area contributed by atoms with E-state index in [0.29, 0.717) is 11.4 Å². The molecule has 0 spiro atoms. The summed E-state index contributed by atoms with van der Waals surface area (Å²) in [5.41, 5.74) is 2.16. The van der Waals surface area contributed by atoms with E-state index in [-0.39, 0.29) is 5.71 Å². The van der Waals surface area contributed by atoms with E-state index in [1.165, 1.54) is 6.20 Å². The van der Waals surface area contributed by atoms with Crippen molar-refractivity contribution >= 4 is 23.1 Å². The van der Waals surface area contributed by atoms with Crippen molar-refractivity contribution in [1.82, 2.24) is 10.2 Å². The number of hydrogen-bond acceptors (Lipinski definition) is 4. The second-order valence-corrected chi connectivity index (χ2v) is 4.20. The number of amides is 1. The van der Waals surface area contributed by atoms with E-state index in [1.807, 2.05) is 19.1 Å². The van der Waals surface area contributed by atoms with Gasteiger partial charge in [0.05, 0.1) is 11.4 Å². The smallest absolute Gasteiger partial charge is 0.281 e. The molecule has 1 aliphatic heterocycles. The SMILES string of the molecule is Cc1ccc(N2N=C(c3ccn[nH]3)C(=O)C2=O)cc1. The van der Waals surface area contributed by atoms with Gasteiger partial charge < -0.3 is 0 Å². The molecule has 19 heavy (non-hydrogen) atoms. The normalized spacial score (nSPS) is 15.0. The number of aryl methyl sites for hydroxylation is 1. The Morgan fingerprint density at radius 1 is 1.11 bits per heavy atom. The van der Waals surface area contributed by atoms with E-state index >= 15 is 0 Å². The molecule has 6 heteroatoms. The maximum Gasteiger partial charge on any atom is 0.321 e. The van der Waals surface area contributed by atoms with Gasteiger partial charge in [-0.25, -0.2) is 0 Å². The highest BCUT2D eigenvalue weighted by Gasteiger charge is 2.36. The minimum Gasteiger partial charge on any atom is -0.281 e. The molecule has 2 heterocycles. The monoisotopic (exact) mass is 254 g/mol. The summed E-state index contributed by atoms with van der Waals surface area (Å²) in [7, 11) is 0. The number of benzene rings is 1. The van der Waals surface area contributed by atoms with Crippen LogP contribution in [0.5, 0.6) is 0 Å². The number of nitrogens with one attached hydrogen (secondary N) is 1. The number of hydrazone groups is 1. The fourth-order valence-electron chi connectivity index (χ4n) is 1.81. The maximum atomic E-state index is 11.9. The van der Waals surface area contributed by atoms with Crippen molar-refractivity contribution in [1.29, 1.82) is 0 Å². The summed E-state index contributed by atoms with van der Waals surface area (Å²) in [5, 5.41) is 11.6. The largest absolute Gasteiger partial charge is 0.321 e. The number of Topliss-reactive ketones (excluding diaryl/α,β-unsaturated/α-hetero) is 1. The average molecular weight is 254 g/mol. The Morgan fingerprint density at radius 3 is 2.47 bits per heavy atom. The lowest BCUT2D eigenvalue weighted by Crippen LogP contribution is -2.27. The molecule has 0 fully saturated rings. The summed E-state index contributed by atoms with van der Waals surface area (Å²) < 4.78 is 0. The Bertz CT molecular complexity index is 671. The third-order valence-corrected chi connectivity index (χ3v) is 2.84. The molecule has 0 saturated carbocycles. The van der Waals surface area contributed by atoms with Crippen LogP contribution in [0.2, 0.25) is 0 Å². The van der Waals surface area contributed by atoms with E-state index in [0.717, 1.165) is 10.6 Å². The minimum absolute atomic E-state index is 0.0862. The second-order valence-electron chi connectivity index (χ2n) is 4.20. The van der Waals surface area contributed by atoms with Crippen molar-refractivity contribution in [3.05, 3.63) is 47.8 Å². The van der Waals surface area contributed by atoms with E-state index in [2.05, 4.69) is 15.3 Å². The first kappa shape index (κ1) is 11.3. The number of aromatic amines is 1. The summed E-state index contributed by atoms with van der Waals surface area (Å²) in [6.07, 6.45) is 1.50. The Balaban J connectivity index is 2.01. The predicted molar refractivity (Wildman–Crippen MR) is 68.8 cm³/mol. The van der Waals surface area contributed by atoms with Crippen molar-refractivity contribution in [3.8, 4) is 0 Å². The third kappa shape index (κ3) is 1.83. The molecule has 0 atom stereocenters. The van der Waals surface area contributed by atoms with Gasteiger partial charge in [0.15, 0.2) is 5.71 Å². The summed E-state index contributed by atoms with van der Waals surface area (Å²) >= 11 is 0. The van der Waals surface area contributed by atoms with Gasteiger partial charge in [0.2, 0.25) is 0 Å². The molecule has 0 saturated heterocycles. The van der Waals surface area contributed by atoms with Gasteiger partial charge in [-0.15, -0.1) is 0 Å². The minimum atomic E-state index is -0.659. The highest BCUT2D eigenvalue weighted by Crippen LogP contribution is 2.21. The lowest BCUT2D eigenvalue weighted by Gasteiger charge is -2.10. The first-order chi connectivity index (χ1) is 9.16. The highest BCUT2D eigenvalue weighted by molar-refractivity contribution is 6.72. The van der Waals surface area contributed by atoms with Gasteiger partial charge in [0.1, 0.15) is 0 Å². The number of aromatic nitrogens is 2. The van der Waals surface area contributed by atoms with Gasteiger partial charge in [-0.1, -0.05) is 17.7 Å². The number of H-pyrrole nitrogens is 1. The lowest BCUT2D eigenvalue weighted by molar-refractivity contribution is -0.131. The van der Waals surface area contributed by atoms with Gasteiger partial charge in [-0.3, -0.25) is 14.7 Å². The molecule has 0 aliphatic carbocycles. The second kappa shape index (κ2) is 4.16. The van der Waals surface area contributed by atoms with Crippen molar-refractivity contribution in [2.45, 2.75) is 6.92 Å². The zero-order chi connectivity index (χ0) is 13.4. The number of nitrogens with zero attached hydrogens (tertiary/aromatic N) is 3. The van der Waals surface area contributed by atoms with E-state index in [1.54, 1.807) is 18.2 Å². The number of rotatable bonds is 2. The van der Waals surface area contributed by atoms with Gasteiger partial charge >= 0.3 is 5.91 Å². The summed E-state index contributed by atoms with van der Waals surface area (Å²) in [6.45, 7) is 1.94. The average Bonchev–Trinajstić information content (AvgIpc) is 3.02. The number of carbonyl (C=O) groups is 2. The molecule has 3 rings (SSSR count). The van der Waals surface area contributed by atoms with Gasteiger partial charge in [0.25, 0.3) is 5.78 Å². The molecule has 1 aromatic carbocycles. The number of hydrogen-bond donors (Lipinski definition) is 1. The van der Waals surface area contributed by atoms with E-state index in [9.17, 15) is 9.59 Å². The third-order valence-electron chi connectivity index (χ3n) is 2.84. The fraction of sp³-hybridized carbons (Fsp3) is 0.0769. The van der Waals surface area contributed by atoms with Gasteiger partial charge in [0, 0.05) is 6.20 Å². The van der Waals surface area contributed by atoms with Crippen LogP contribution >= 0.6 is 0 Å². The van der Waals surface area contributed by atoms with Gasteiger partial charge in [-0.2, -0.15) is 15.2 Å². The number of carbonyl (C=O) groups excluding carboxylic acids is 2. The van der Waals surface area contributed by atoms with Crippen LogP contribution < -0.4 is 5.01 Å². The molecule has 1 N–H and O–H groups in total. The van der Waals surface area contributed by atoms with Crippen LogP contribution in [-0.2, 0) is 9.59 Å². The van der Waals surface area contributed by atoms with Crippen LogP contribution in [0.3, 0.4) is 0 Å². The molecule has 0 unspecified atom stereocenters. The molecule has 0 radical (unpaired) electrons. The maximum absolute atomic E-state index is 11.9. The van der Waals surface area contributed by atoms with Gasteiger partial charge in [-0.05, 0) is 25.1 Å². The van der Waals surface area contributed by atoms with Crippen LogP contribution in [0.4, 0.5) is 5.69 Å². The van der Waals surface area contributed by atoms with Crippen molar-refractivity contribution in [2.75, 3.05) is 5.01 Å². The van der Waals surface area contributed by atoms with Crippen LogP contribution in [0.25, 0.3) is 0 Å². The molecule has 2 aromatic rings. The van der Waals surface area contributed by atoms with Crippen LogP contribution in [0.15, 0.2) is 41.6 Å². The Labute approximate surface area is 108 Å². The lowest BCUT2D eigenvalue weighted by atomic mass is 10.2. The Morgan fingerprint density at radius 2 is 1.84 bits per heavy atom. The summed E-state index contributed by atoms with van der Waals surface area (Å²) in [6, 6.07) is 8.82. The molecule has 1 aromatic heterocycles. The molecule has 6 nitrogen and oxygen atoms in total. The fourth-order valence-corrected chi connectivity index (χ4v) is 1.81. The van der Waals surface area contributed by atoms with Crippen LogP contribution in [0.1, 0.15) is 11.3 Å². The molecule has 1 aliphatic rings. The standard InChI is InChI=1S/C13H10N4O2/c1-8-2-4-9(5-3-8)17-13(19)12(18)11(16-17)10-6-7-14-15-10/h2-7H,1H3,(H,14,15). The quantitative estimate of drug-likeness (QED) is 0.813. The van der Waals surface area contributed by atoms with Crippen molar-refractivity contribution in [3.63, 3.8) is 0 Å². The molecular weight excluding hydrogens is 244 g/mol.